The minimum absolute atomic E-state index is 0. The summed E-state index contributed by atoms with van der Waals surface area (Å²) in [6, 6.07) is 9.94. The topological polar surface area (TPSA) is 41.8 Å². The summed E-state index contributed by atoms with van der Waals surface area (Å²) in [5.74, 6) is 0.723. The molecule has 1 aromatic heterocycles. The van der Waals surface area contributed by atoms with Gasteiger partial charge in [0.1, 0.15) is 5.82 Å². The Balaban J connectivity index is 0. The third-order valence-electron chi connectivity index (χ3n) is 1.55. The third-order valence-corrected chi connectivity index (χ3v) is 1.55. The molecule has 2 rings (SSSR count). The second kappa shape index (κ2) is 5.97. The van der Waals surface area contributed by atoms with Crippen molar-refractivity contribution in [2.75, 3.05) is 5.73 Å². The number of halogens is 3. The van der Waals surface area contributed by atoms with E-state index in [1.54, 1.807) is 0 Å². The van der Waals surface area contributed by atoms with Crippen molar-refractivity contribution in [3.8, 4) is 0 Å². The summed E-state index contributed by atoms with van der Waals surface area (Å²) in [4.78, 5) is 3.04. The first-order valence-electron chi connectivity index (χ1n) is 3.19. The quantitative estimate of drug-likeness (QED) is 0.731. The first-order chi connectivity index (χ1) is 4.86. The molecule has 0 fully saturated rings. The highest BCUT2D eigenvalue weighted by Gasteiger charge is 1.92. The molecule has 1 heterocycles. The lowest BCUT2D eigenvalue weighted by Crippen LogP contribution is -1.80. The number of H-pyrrole nitrogens is 1. The maximum atomic E-state index is 5.54. The van der Waals surface area contributed by atoms with Crippen LogP contribution in [-0.2, 0) is 0 Å². The monoisotopic (exact) mass is 240 g/mol. The summed E-state index contributed by atoms with van der Waals surface area (Å²) in [7, 11) is 0. The van der Waals surface area contributed by atoms with Gasteiger partial charge in [-0.1, -0.05) is 18.2 Å². The number of fused-ring (bicyclic) bond motifs is 1. The van der Waals surface area contributed by atoms with Gasteiger partial charge in [-0.05, 0) is 12.1 Å². The number of para-hydroxylation sites is 1. The van der Waals surface area contributed by atoms with E-state index >= 15 is 0 Å². The summed E-state index contributed by atoms with van der Waals surface area (Å²) in [6.07, 6.45) is 0. The van der Waals surface area contributed by atoms with Gasteiger partial charge in [-0.3, -0.25) is 0 Å². The first-order valence-corrected chi connectivity index (χ1v) is 3.19. The van der Waals surface area contributed by atoms with Crippen molar-refractivity contribution < 1.29 is 0 Å². The molecule has 3 N–H and O–H groups in total. The number of nitrogens with one attached hydrogen (secondary N) is 1. The number of aromatic amines is 1. The molecular weight excluding hydrogens is 230 g/mol. The molecule has 0 aliphatic heterocycles. The van der Waals surface area contributed by atoms with E-state index in [1.165, 1.54) is 5.39 Å². The van der Waals surface area contributed by atoms with E-state index in [9.17, 15) is 0 Å². The number of benzene rings is 1. The molecular formula is C8H11Cl3N2. The number of aromatic nitrogens is 1. The summed E-state index contributed by atoms with van der Waals surface area (Å²) < 4.78 is 0. The van der Waals surface area contributed by atoms with E-state index in [-0.39, 0.29) is 37.2 Å². The van der Waals surface area contributed by atoms with Gasteiger partial charge in [0.2, 0.25) is 0 Å². The van der Waals surface area contributed by atoms with Crippen molar-refractivity contribution >= 4 is 53.9 Å². The molecule has 13 heavy (non-hydrogen) atoms. The molecule has 0 spiro atoms. The average Bonchev–Trinajstić information content (AvgIpc) is 2.27. The van der Waals surface area contributed by atoms with Crippen molar-refractivity contribution in [3.63, 3.8) is 0 Å². The van der Waals surface area contributed by atoms with Crippen LogP contribution >= 0.6 is 37.2 Å². The van der Waals surface area contributed by atoms with Crippen LogP contribution in [-0.4, -0.2) is 4.98 Å². The fourth-order valence-electron chi connectivity index (χ4n) is 1.10. The fourth-order valence-corrected chi connectivity index (χ4v) is 1.10. The molecule has 0 radical (unpaired) electrons. The minimum atomic E-state index is 0. The normalized spacial score (nSPS) is 8.00. The van der Waals surface area contributed by atoms with Crippen molar-refractivity contribution in [1.82, 2.24) is 4.98 Å². The Morgan fingerprint density at radius 2 is 1.62 bits per heavy atom. The van der Waals surface area contributed by atoms with Gasteiger partial charge in [0, 0.05) is 10.9 Å². The number of nitrogens with two attached hydrogens (primary N) is 1. The summed E-state index contributed by atoms with van der Waals surface area (Å²) in [5, 5.41) is 1.17. The Hall–Kier alpha value is -0.570. The first kappa shape index (κ1) is 14.9. The number of hydrogen-bond donors (Lipinski definition) is 2. The molecule has 0 atom stereocenters. The van der Waals surface area contributed by atoms with Crippen LogP contribution in [0.25, 0.3) is 10.9 Å². The van der Waals surface area contributed by atoms with E-state index in [1.807, 2.05) is 30.3 Å². The molecule has 5 heteroatoms. The van der Waals surface area contributed by atoms with Gasteiger partial charge in [0.25, 0.3) is 0 Å². The number of nitrogen functional groups attached to an aromatic ring is 1. The van der Waals surface area contributed by atoms with Gasteiger partial charge in [-0.25, -0.2) is 0 Å². The minimum Gasteiger partial charge on any atom is -0.385 e. The Kier molecular flexibility index (Phi) is 6.86. The van der Waals surface area contributed by atoms with Crippen LogP contribution in [0.4, 0.5) is 5.82 Å². The van der Waals surface area contributed by atoms with E-state index < -0.39 is 0 Å². The van der Waals surface area contributed by atoms with Crippen LogP contribution < -0.4 is 5.73 Å². The van der Waals surface area contributed by atoms with Crippen LogP contribution in [0.15, 0.2) is 30.3 Å². The molecule has 0 saturated carbocycles. The predicted octanol–water partition coefficient (Wildman–Crippen LogP) is 3.02. The Morgan fingerprint density at radius 3 is 2.23 bits per heavy atom. The molecule has 0 aliphatic carbocycles. The average molecular weight is 242 g/mol. The molecule has 0 saturated heterocycles. The Morgan fingerprint density at radius 1 is 1.00 bits per heavy atom. The van der Waals surface area contributed by atoms with Crippen LogP contribution in [0, 0.1) is 0 Å². The molecule has 0 bridgehead atoms. The van der Waals surface area contributed by atoms with Crippen molar-refractivity contribution in [2.24, 2.45) is 0 Å². The smallest absolute Gasteiger partial charge is 0.101 e. The predicted molar refractivity (Wildman–Crippen MR) is 64.5 cm³/mol. The van der Waals surface area contributed by atoms with Gasteiger partial charge in [0.05, 0.1) is 0 Å². The van der Waals surface area contributed by atoms with Crippen LogP contribution in [0.3, 0.4) is 0 Å². The van der Waals surface area contributed by atoms with Crippen LogP contribution in [0.1, 0.15) is 0 Å². The van der Waals surface area contributed by atoms with Gasteiger partial charge in [-0.15, -0.1) is 37.2 Å². The lowest BCUT2D eigenvalue weighted by molar-refractivity contribution is 1.47. The molecule has 1 aromatic carbocycles. The zero-order valence-corrected chi connectivity index (χ0v) is 9.14. The lowest BCUT2D eigenvalue weighted by atomic mass is 10.3. The van der Waals surface area contributed by atoms with E-state index in [2.05, 4.69) is 4.98 Å². The van der Waals surface area contributed by atoms with E-state index in [0.717, 1.165) is 11.3 Å². The SMILES string of the molecule is Cl.Cl.Cl.Nc1cc2ccccc2[nH]1. The largest absolute Gasteiger partial charge is 0.385 e. The van der Waals surface area contributed by atoms with Gasteiger partial charge in [-0.2, -0.15) is 0 Å². The molecule has 2 nitrogen and oxygen atoms in total. The second-order valence-corrected chi connectivity index (χ2v) is 2.31. The molecule has 74 valence electrons. The van der Waals surface area contributed by atoms with Crippen molar-refractivity contribution in [3.05, 3.63) is 30.3 Å². The van der Waals surface area contributed by atoms with E-state index in [0.29, 0.717) is 0 Å². The summed E-state index contributed by atoms with van der Waals surface area (Å²) >= 11 is 0. The highest BCUT2D eigenvalue weighted by molar-refractivity contribution is 5.86. The van der Waals surface area contributed by atoms with Crippen LogP contribution in [0.5, 0.6) is 0 Å². The maximum Gasteiger partial charge on any atom is 0.101 e. The maximum absolute atomic E-state index is 5.54. The van der Waals surface area contributed by atoms with Gasteiger partial charge in [0.15, 0.2) is 0 Å². The molecule has 0 amide bonds. The summed E-state index contributed by atoms with van der Waals surface area (Å²) in [6.45, 7) is 0. The van der Waals surface area contributed by atoms with Gasteiger partial charge >= 0.3 is 0 Å². The van der Waals surface area contributed by atoms with E-state index in [4.69, 9.17) is 5.73 Å². The molecule has 2 aromatic rings. The lowest BCUT2D eigenvalue weighted by Gasteiger charge is -1.83. The molecule has 0 unspecified atom stereocenters. The number of anilines is 1. The van der Waals surface area contributed by atoms with Crippen molar-refractivity contribution in [1.29, 1.82) is 0 Å². The second-order valence-electron chi connectivity index (χ2n) is 2.31. The molecule has 0 aliphatic rings. The Bertz CT molecular complexity index is 326. The number of hydrogen-bond acceptors (Lipinski definition) is 1. The van der Waals surface area contributed by atoms with Crippen molar-refractivity contribution in [2.45, 2.75) is 0 Å². The number of rotatable bonds is 0. The Labute approximate surface area is 95.1 Å². The zero-order valence-electron chi connectivity index (χ0n) is 6.69. The highest BCUT2D eigenvalue weighted by Crippen LogP contribution is 2.14. The highest BCUT2D eigenvalue weighted by atomic mass is 35.5. The zero-order chi connectivity index (χ0) is 6.97. The van der Waals surface area contributed by atoms with Gasteiger partial charge < -0.3 is 10.7 Å². The standard InChI is InChI=1S/C8H8N2.3ClH/c9-8-5-6-3-1-2-4-7(6)10-8;;;/h1-5,10H,9H2;3*1H. The van der Waals surface area contributed by atoms with Crippen LogP contribution in [0.2, 0.25) is 0 Å². The fraction of sp³-hybridized carbons (Fsp3) is 0. The summed E-state index contributed by atoms with van der Waals surface area (Å²) in [5.41, 5.74) is 6.63. The third kappa shape index (κ3) is 2.99.